The summed E-state index contributed by atoms with van der Waals surface area (Å²) in [7, 11) is 0. The maximum Gasteiger partial charge on any atom is 0.409 e. The van der Waals surface area contributed by atoms with Crippen LogP contribution >= 0.6 is 0 Å². The van der Waals surface area contributed by atoms with Crippen LogP contribution in [0.2, 0.25) is 0 Å². The topological polar surface area (TPSA) is 78.3 Å². The lowest BCUT2D eigenvalue weighted by Gasteiger charge is -2.06. The predicted molar refractivity (Wildman–Crippen MR) is 72.5 cm³/mol. The first-order valence-electron chi connectivity index (χ1n) is 6.12. The van der Waals surface area contributed by atoms with Gasteiger partial charge in [0.05, 0.1) is 0 Å². The second kappa shape index (κ2) is 7.50. The van der Waals surface area contributed by atoms with Gasteiger partial charge in [-0.15, -0.1) is 0 Å². The molecule has 4 nitrogen and oxygen atoms in total. The summed E-state index contributed by atoms with van der Waals surface area (Å²) < 4.78 is 4.99. The molecule has 0 fully saturated rings. The average Bonchev–Trinajstić information content (AvgIpc) is 2.36. The fraction of sp³-hybridized carbons (Fsp3) is 0.357. The summed E-state index contributed by atoms with van der Waals surface area (Å²) in [5.41, 5.74) is 12.6. The van der Waals surface area contributed by atoms with Gasteiger partial charge in [0.2, 0.25) is 0 Å². The summed E-state index contributed by atoms with van der Waals surface area (Å²) in [6.45, 7) is 2.60. The van der Waals surface area contributed by atoms with Crippen molar-refractivity contribution < 1.29 is 9.53 Å². The molecule has 0 aliphatic heterocycles. The zero-order valence-corrected chi connectivity index (χ0v) is 10.7. The number of carbonyl (C=O) groups excluding carboxylic acids is 1. The van der Waals surface area contributed by atoms with Crippen molar-refractivity contribution in [3.63, 3.8) is 0 Å². The molecule has 1 rings (SSSR count). The molecule has 0 bridgehead atoms. The van der Waals surface area contributed by atoms with Gasteiger partial charge in [-0.3, -0.25) is 0 Å². The highest BCUT2D eigenvalue weighted by Crippen LogP contribution is 2.15. The van der Waals surface area contributed by atoms with Crippen LogP contribution in [-0.4, -0.2) is 6.09 Å². The number of amides is 1. The predicted octanol–water partition coefficient (Wildman–Crippen LogP) is 2.77. The van der Waals surface area contributed by atoms with Crippen molar-refractivity contribution in [1.82, 2.24) is 0 Å². The van der Waals surface area contributed by atoms with Gasteiger partial charge in [-0.1, -0.05) is 37.6 Å². The minimum atomic E-state index is -0.768. The highest BCUT2D eigenvalue weighted by molar-refractivity contribution is 5.67. The third-order valence-corrected chi connectivity index (χ3v) is 2.55. The van der Waals surface area contributed by atoms with E-state index >= 15 is 0 Å². The summed E-state index contributed by atoms with van der Waals surface area (Å²) in [6.07, 6.45) is 3.76. The largest absolute Gasteiger partial charge is 0.415 e. The Morgan fingerprint density at radius 2 is 2.00 bits per heavy atom. The number of ether oxygens (including phenoxy) is 1. The molecule has 1 aromatic rings. The second-order valence-corrected chi connectivity index (χ2v) is 4.08. The quantitative estimate of drug-likeness (QED) is 0.760. The number of rotatable bonds is 6. The Balaban J connectivity index is 2.80. The highest BCUT2D eigenvalue weighted by Gasteiger charge is 2.03. The number of hydrogen-bond acceptors (Lipinski definition) is 3. The molecular weight excluding hydrogens is 228 g/mol. The molecule has 1 amide bonds. The Labute approximate surface area is 108 Å². The molecule has 0 saturated carbocycles. The lowest BCUT2D eigenvalue weighted by Crippen LogP contribution is -2.12. The molecule has 18 heavy (non-hydrogen) atoms. The van der Waals surface area contributed by atoms with Gasteiger partial charge in [0, 0.05) is 13.0 Å². The number of hydrogen-bond donors (Lipinski definition) is 2. The Morgan fingerprint density at radius 1 is 1.33 bits per heavy atom. The molecule has 0 unspecified atom stereocenters. The molecule has 0 aliphatic carbocycles. The van der Waals surface area contributed by atoms with Crippen LogP contribution in [0, 0.1) is 0 Å². The zero-order valence-electron chi connectivity index (χ0n) is 10.7. The van der Waals surface area contributed by atoms with E-state index in [-0.39, 0.29) is 0 Å². The van der Waals surface area contributed by atoms with Crippen molar-refractivity contribution in [2.75, 3.05) is 0 Å². The van der Waals surface area contributed by atoms with Crippen molar-refractivity contribution in [2.45, 2.75) is 32.7 Å². The number of benzene rings is 1. The van der Waals surface area contributed by atoms with Gasteiger partial charge in [-0.2, -0.15) is 0 Å². The van der Waals surface area contributed by atoms with Crippen LogP contribution in [0.15, 0.2) is 30.0 Å². The van der Waals surface area contributed by atoms with E-state index < -0.39 is 6.09 Å². The van der Waals surface area contributed by atoms with E-state index in [1.165, 1.54) is 0 Å². The van der Waals surface area contributed by atoms with Gasteiger partial charge >= 0.3 is 6.09 Å². The van der Waals surface area contributed by atoms with Gasteiger partial charge in [0.15, 0.2) is 0 Å². The Morgan fingerprint density at radius 3 is 2.50 bits per heavy atom. The number of primary amides is 1. The Hall–Kier alpha value is -1.81. The lowest BCUT2D eigenvalue weighted by molar-refractivity contribution is 0.184. The minimum Gasteiger partial charge on any atom is -0.415 e. The average molecular weight is 248 g/mol. The highest BCUT2D eigenvalue weighted by atomic mass is 16.5. The molecule has 4 heteroatoms. The minimum absolute atomic E-state index is 0.518. The first-order valence-corrected chi connectivity index (χ1v) is 6.12. The van der Waals surface area contributed by atoms with E-state index in [1.807, 2.05) is 30.3 Å². The number of unbranched alkanes of at least 4 members (excludes halogenated alkanes) is 1. The van der Waals surface area contributed by atoms with Gasteiger partial charge in [0.25, 0.3) is 0 Å². The van der Waals surface area contributed by atoms with Crippen LogP contribution in [0.3, 0.4) is 0 Å². The Kier molecular flexibility index (Phi) is 5.94. The number of allylic oxidation sites excluding steroid dienone is 1. The number of nitrogens with two attached hydrogens (primary N) is 2. The maximum atomic E-state index is 10.8. The molecule has 0 saturated heterocycles. The van der Waals surface area contributed by atoms with E-state index in [9.17, 15) is 4.79 Å². The summed E-state index contributed by atoms with van der Waals surface area (Å²) >= 11 is 0. The van der Waals surface area contributed by atoms with Crippen LogP contribution in [0.1, 0.15) is 37.3 Å². The van der Waals surface area contributed by atoms with E-state index in [4.69, 9.17) is 16.2 Å². The van der Waals surface area contributed by atoms with Crippen molar-refractivity contribution >= 4 is 12.2 Å². The van der Waals surface area contributed by atoms with Crippen LogP contribution in [0.4, 0.5) is 4.79 Å². The molecular formula is C14H20N2O2. The van der Waals surface area contributed by atoms with Crippen LogP contribution < -0.4 is 11.5 Å². The normalized spacial score (nSPS) is 11.3. The van der Waals surface area contributed by atoms with E-state index in [0.29, 0.717) is 18.7 Å². The third-order valence-electron chi connectivity index (χ3n) is 2.55. The Bertz CT molecular complexity index is 410. The monoisotopic (exact) mass is 248 g/mol. The van der Waals surface area contributed by atoms with Crippen LogP contribution in [0.5, 0.6) is 0 Å². The van der Waals surface area contributed by atoms with Gasteiger partial charge in [-0.05, 0) is 23.6 Å². The molecule has 0 aromatic heterocycles. The molecule has 0 aliphatic rings. The third kappa shape index (κ3) is 5.01. The van der Waals surface area contributed by atoms with Gasteiger partial charge < -0.3 is 16.2 Å². The van der Waals surface area contributed by atoms with E-state index in [2.05, 4.69) is 6.92 Å². The fourth-order valence-electron chi connectivity index (χ4n) is 1.57. The van der Waals surface area contributed by atoms with Crippen LogP contribution in [-0.2, 0) is 11.3 Å². The van der Waals surface area contributed by atoms with Crippen molar-refractivity contribution in [3.05, 3.63) is 41.2 Å². The second-order valence-electron chi connectivity index (χ2n) is 4.08. The molecule has 0 spiro atoms. The molecule has 98 valence electrons. The van der Waals surface area contributed by atoms with Gasteiger partial charge in [-0.25, -0.2) is 4.79 Å². The molecule has 4 N–H and O–H groups in total. The standard InChI is InChI=1S/C14H20N2O2/c1-2-3-4-13(18-14(16)17)9-11-5-7-12(10-15)8-6-11/h5-9H,2-4,10,15H2,1H3,(H2,16,17). The molecule has 0 heterocycles. The summed E-state index contributed by atoms with van der Waals surface area (Å²) in [5, 5.41) is 0. The van der Waals surface area contributed by atoms with E-state index in [0.717, 1.165) is 24.0 Å². The lowest BCUT2D eigenvalue weighted by atomic mass is 10.1. The number of carbonyl (C=O) groups is 1. The SMILES string of the molecule is CCCCC(=Cc1ccc(CN)cc1)OC(N)=O. The first-order chi connectivity index (χ1) is 8.65. The smallest absolute Gasteiger partial charge is 0.409 e. The first kappa shape index (κ1) is 14.3. The van der Waals surface area contributed by atoms with Gasteiger partial charge in [0.1, 0.15) is 5.76 Å². The van der Waals surface area contributed by atoms with Crippen molar-refractivity contribution in [1.29, 1.82) is 0 Å². The molecule has 0 atom stereocenters. The fourth-order valence-corrected chi connectivity index (χ4v) is 1.57. The molecule has 1 aromatic carbocycles. The molecule has 0 radical (unpaired) electrons. The zero-order chi connectivity index (χ0) is 13.4. The van der Waals surface area contributed by atoms with Crippen molar-refractivity contribution in [3.8, 4) is 0 Å². The summed E-state index contributed by atoms with van der Waals surface area (Å²) in [6, 6.07) is 7.79. The summed E-state index contributed by atoms with van der Waals surface area (Å²) in [4.78, 5) is 10.8. The van der Waals surface area contributed by atoms with Crippen LogP contribution in [0.25, 0.3) is 6.08 Å². The maximum absolute atomic E-state index is 10.8. The van der Waals surface area contributed by atoms with E-state index in [1.54, 1.807) is 0 Å². The van der Waals surface area contributed by atoms with Crippen molar-refractivity contribution in [2.24, 2.45) is 11.5 Å². The summed E-state index contributed by atoms with van der Waals surface area (Å²) in [5.74, 6) is 0.602.